The van der Waals surface area contributed by atoms with E-state index in [1.54, 1.807) is 0 Å². The predicted octanol–water partition coefficient (Wildman–Crippen LogP) is 7.83. The van der Waals surface area contributed by atoms with Gasteiger partial charge in [-0.1, -0.05) is 56.9 Å². The van der Waals surface area contributed by atoms with E-state index < -0.39 is 6.10 Å². The molecule has 0 aromatic rings. The minimum absolute atomic E-state index is 0.0621. The predicted molar refractivity (Wildman–Crippen MR) is 173 cm³/mol. The molecule has 4 rings (SSSR count). The van der Waals surface area contributed by atoms with Crippen LogP contribution in [0, 0.1) is 23.7 Å². The summed E-state index contributed by atoms with van der Waals surface area (Å²) in [5.74, 6) is 1.27. The maximum absolute atomic E-state index is 12.4. The normalized spacial score (nSPS) is 32.2. The largest absolute Gasteiger partial charge is 0.467 e. The Balaban J connectivity index is 1.36. The van der Waals surface area contributed by atoms with Gasteiger partial charge in [0.2, 0.25) is 0 Å². The van der Waals surface area contributed by atoms with Crippen molar-refractivity contribution in [3.8, 4) is 0 Å². The molecule has 4 fully saturated rings. The van der Waals surface area contributed by atoms with Crippen molar-refractivity contribution in [2.24, 2.45) is 23.7 Å². The van der Waals surface area contributed by atoms with Crippen LogP contribution >= 0.6 is 0 Å². The van der Waals surface area contributed by atoms with Crippen LogP contribution < -0.4 is 0 Å². The summed E-state index contributed by atoms with van der Waals surface area (Å²) in [5, 5.41) is 0. The second-order valence-electron chi connectivity index (χ2n) is 13.6. The van der Waals surface area contributed by atoms with Crippen LogP contribution in [-0.4, -0.2) is 63.2 Å². The minimum Gasteiger partial charge on any atom is -0.467 e. The molecule has 5 unspecified atom stereocenters. The molecule has 2 aliphatic heterocycles. The first-order valence-electron chi connectivity index (χ1n) is 18.1. The summed E-state index contributed by atoms with van der Waals surface area (Å²) in [4.78, 5) is 24.3. The van der Waals surface area contributed by atoms with Gasteiger partial charge in [-0.2, -0.15) is 0 Å². The minimum atomic E-state index is -0.638. The molecule has 0 bridgehead atoms. The van der Waals surface area contributed by atoms with Crippen molar-refractivity contribution < 1.29 is 38.0 Å². The summed E-state index contributed by atoms with van der Waals surface area (Å²) in [5.41, 5.74) is 0. The van der Waals surface area contributed by atoms with Crippen LogP contribution in [0.3, 0.4) is 0 Å². The van der Waals surface area contributed by atoms with Crippen molar-refractivity contribution in [3.05, 3.63) is 24.3 Å². The Kier molecular flexibility index (Phi) is 15.9. The Bertz CT molecular complexity index is 921. The second kappa shape index (κ2) is 19.8. The number of carbonyl (C=O) groups excluding carboxylic acids is 2. The third-order valence-electron chi connectivity index (χ3n) is 10.2. The van der Waals surface area contributed by atoms with E-state index in [9.17, 15) is 9.59 Å². The summed E-state index contributed by atoms with van der Waals surface area (Å²) in [7, 11) is 1.40. The third-order valence-corrected chi connectivity index (χ3v) is 10.2. The standard InChI is InChI=1S/C37H60O8/c1-4-5-13-28-18-19-30(26-28)32(44-35-16-9-11-24-41-35)22-20-29-21-23-33(43-27(2)38)31(29)14-7-6-8-15-34(37(39)40-3)45-36-17-10-12-25-42-36/h6-7,20,22,28-36H,4-5,8-19,21,23-26H2,1-3H3/t28?,29-,30?,31+,32+,33-,34?,35?,36?/m0/s1. The lowest BCUT2D eigenvalue weighted by atomic mass is 9.89. The van der Waals surface area contributed by atoms with Crippen LogP contribution in [-0.2, 0) is 38.0 Å². The van der Waals surface area contributed by atoms with Gasteiger partial charge in [-0.25, -0.2) is 4.79 Å². The topological polar surface area (TPSA) is 89.5 Å². The van der Waals surface area contributed by atoms with Crippen LogP contribution in [0.25, 0.3) is 0 Å². The number of hydrogen-bond donors (Lipinski definition) is 0. The molecule has 0 radical (unpaired) electrons. The number of esters is 2. The van der Waals surface area contributed by atoms with Crippen molar-refractivity contribution in [3.63, 3.8) is 0 Å². The van der Waals surface area contributed by atoms with Crippen molar-refractivity contribution in [1.29, 1.82) is 0 Å². The number of ether oxygens (including phenoxy) is 6. The number of rotatable bonds is 17. The van der Waals surface area contributed by atoms with E-state index >= 15 is 0 Å². The van der Waals surface area contributed by atoms with Gasteiger partial charge in [-0.05, 0) is 101 Å². The Hall–Kier alpha value is -1.74. The maximum Gasteiger partial charge on any atom is 0.335 e. The second-order valence-corrected chi connectivity index (χ2v) is 13.6. The fourth-order valence-corrected chi connectivity index (χ4v) is 7.71. The van der Waals surface area contributed by atoms with Gasteiger partial charge in [0.1, 0.15) is 6.10 Å². The molecular weight excluding hydrogens is 572 g/mol. The van der Waals surface area contributed by atoms with Gasteiger partial charge in [0, 0.05) is 26.1 Å². The van der Waals surface area contributed by atoms with Crippen molar-refractivity contribution in [2.45, 2.75) is 154 Å². The zero-order valence-corrected chi connectivity index (χ0v) is 28.2. The van der Waals surface area contributed by atoms with E-state index in [0.29, 0.717) is 31.3 Å². The molecule has 2 heterocycles. The zero-order chi connectivity index (χ0) is 31.9. The van der Waals surface area contributed by atoms with Crippen molar-refractivity contribution in [2.75, 3.05) is 20.3 Å². The molecule has 0 aromatic heterocycles. The third kappa shape index (κ3) is 12.1. The molecule has 8 nitrogen and oxygen atoms in total. The summed E-state index contributed by atoms with van der Waals surface area (Å²) < 4.78 is 35.1. The zero-order valence-electron chi connectivity index (χ0n) is 28.2. The Morgan fingerprint density at radius 2 is 1.67 bits per heavy atom. The van der Waals surface area contributed by atoms with Gasteiger partial charge >= 0.3 is 11.9 Å². The molecule has 9 atom stereocenters. The van der Waals surface area contributed by atoms with Crippen molar-refractivity contribution in [1.82, 2.24) is 0 Å². The quantitative estimate of drug-likeness (QED) is 0.118. The van der Waals surface area contributed by atoms with Gasteiger partial charge in [-0.15, -0.1) is 0 Å². The highest BCUT2D eigenvalue weighted by atomic mass is 16.7. The number of allylic oxidation sites excluding steroid dienone is 3. The smallest absolute Gasteiger partial charge is 0.335 e. The number of unbranched alkanes of at least 4 members (excludes halogenated alkanes) is 1. The summed E-state index contributed by atoms with van der Waals surface area (Å²) in [6, 6.07) is 0. The lowest BCUT2D eigenvalue weighted by Crippen LogP contribution is -2.33. The molecule has 4 aliphatic rings. The lowest BCUT2D eigenvalue weighted by molar-refractivity contribution is -0.203. The number of carbonyl (C=O) groups is 2. The monoisotopic (exact) mass is 632 g/mol. The summed E-state index contributed by atoms with van der Waals surface area (Å²) in [6.07, 6.45) is 25.5. The molecule has 256 valence electrons. The Morgan fingerprint density at radius 3 is 2.33 bits per heavy atom. The average Bonchev–Trinajstić information content (AvgIpc) is 3.68. The van der Waals surface area contributed by atoms with Gasteiger partial charge in [-0.3, -0.25) is 4.79 Å². The number of methoxy groups -OCH3 is 1. The first-order chi connectivity index (χ1) is 22.0. The Morgan fingerprint density at radius 1 is 0.911 bits per heavy atom. The molecule has 2 saturated heterocycles. The van der Waals surface area contributed by atoms with E-state index in [0.717, 1.165) is 70.3 Å². The van der Waals surface area contributed by atoms with E-state index in [1.165, 1.54) is 52.6 Å². The molecule has 45 heavy (non-hydrogen) atoms. The van der Waals surface area contributed by atoms with E-state index in [1.807, 2.05) is 0 Å². The average molecular weight is 633 g/mol. The summed E-state index contributed by atoms with van der Waals surface area (Å²) >= 11 is 0. The molecule has 2 saturated carbocycles. The first-order valence-corrected chi connectivity index (χ1v) is 18.1. The molecular formula is C37H60O8. The highest BCUT2D eigenvalue weighted by Gasteiger charge is 2.37. The van der Waals surface area contributed by atoms with Crippen LogP contribution in [0.15, 0.2) is 24.3 Å². The number of hydrogen-bond acceptors (Lipinski definition) is 8. The van der Waals surface area contributed by atoms with Gasteiger partial charge in [0.05, 0.1) is 13.2 Å². The molecule has 8 heteroatoms. The first kappa shape index (κ1) is 36.1. The van der Waals surface area contributed by atoms with Crippen LogP contribution in [0.5, 0.6) is 0 Å². The fourth-order valence-electron chi connectivity index (χ4n) is 7.71. The molecule has 0 N–H and O–H groups in total. The van der Waals surface area contributed by atoms with Gasteiger partial charge < -0.3 is 28.4 Å². The van der Waals surface area contributed by atoms with E-state index in [2.05, 4.69) is 31.2 Å². The van der Waals surface area contributed by atoms with Crippen LogP contribution in [0.2, 0.25) is 0 Å². The van der Waals surface area contributed by atoms with Gasteiger partial charge in [0.15, 0.2) is 18.7 Å². The molecule has 2 aliphatic carbocycles. The van der Waals surface area contributed by atoms with Crippen molar-refractivity contribution >= 4 is 11.9 Å². The maximum atomic E-state index is 12.4. The fraction of sp³-hybridized carbons (Fsp3) is 0.838. The lowest BCUT2D eigenvalue weighted by Gasteiger charge is -2.30. The Labute approximate surface area is 271 Å². The summed E-state index contributed by atoms with van der Waals surface area (Å²) in [6.45, 7) is 5.23. The SMILES string of the molecule is CCCCC1CCC([C@@H](C=C[C@H]2CC[C@H](OC(C)=O)[C@@H]2CC=CCCC(OC2CCCCO2)C(=O)OC)OC2CCCCO2)C1. The van der Waals surface area contributed by atoms with Gasteiger partial charge in [0.25, 0.3) is 0 Å². The molecule has 0 spiro atoms. The van der Waals surface area contributed by atoms with E-state index in [4.69, 9.17) is 28.4 Å². The highest BCUT2D eigenvalue weighted by Crippen LogP contribution is 2.41. The van der Waals surface area contributed by atoms with Crippen LogP contribution in [0.4, 0.5) is 0 Å². The molecule has 0 aromatic carbocycles. The molecule has 0 amide bonds. The highest BCUT2D eigenvalue weighted by molar-refractivity contribution is 5.74. The van der Waals surface area contributed by atoms with Crippen LogP contribution in [0.1, 0.15) is 123 Å². The van der Waals surface area contributed by atoms with E-state index in [-0.39, 0.29) is 42.6 Å².